The molecular weight excluding hydrogens is 304 g/mol. The minimum atomic E-state index is -5.11. The molecule has 96 valence electrons. The summed E-state index contributed by atoms with van der Waals surface area (Å²) in [5.74, 6) is -1.19. The molecule has 0 heterocycles. The Morgan fingerprint density at radius 3 is 2.22 bits per heavy atom. The Bertz CT molecular complexity index is 514. The number of alkyl halides is 3. The second-order valence-corrected chi connectivity index (χ2v) is 4.16. The summed E-state index contributed by atoms with van der Waals surface area (Å²) in [7, 11) is -3.90. The summed E-state index contributed by atoms with van der Waals surface area (Å²) in [5.41, 5.74) is 0. The Kier molecular flexibility index (Phi) is 6.60. The summed E-state index contributed by atoms with van der Waals surface area (Å²) >= 11 is 0. The van der Waals surface area contributed by atoms with Crippen LogP contribution in [0.4, 0.5) is 13.2 Å². The number of ether oxygens (including phenoxy) is 2. The molecule has 0 bridgehead atoms. The van der Waals surface area contributed by atoms with Gasteiger partial charge in [-0.2, -0.15) is 0 Å². The molecule has 0 aliphatic rings. The van der Waals surface area contributed by atoms with E-state index in [1.165, 1.54) is 0 Å². The van der Waals surface area contributed by atoms with Gasteiger partial charge in [-0.15, -0.1) is 13.2 Å². The van der Waals surface area contributed by atoms with E-state index in [4.69, 9.17) is 0 Å². The van der Waals surface area contributed by atoms with Crippen LogP contribution in [0.15, 0.2) is 23.1 Å². The molecule has 0 atom stereocenters. The number of hydrogen-bond acceptors (Lipinski definition) is 5. The first kappa shape index (κ1) is 18.2. The first-order chi connectivity index (χ1) is 7.63. The quantitative estimate of drug-likeness (QED) is 0.502. The van der Waals surface area contributed by atoms with Gasteiger partial charge >= 0.3 is 57.7 Å². The fourth-order valence-corrected chi connectivity index (χ4v) is 1.61. The molecule has 0 fully saturated rings. The van der Waals surface area contributed by atoms with E-state index in [0.29, 0.717) is 12.1 Å². The van der Waals surface area contributed by atoms with Crippen molar-refractivity contribution in [2.75, 3.05) is 7.11 Å². The van der Waals surface area contributed by atoms with Crippen LogP contribution in [0.2, 0.25) is 0 Å². The van der Waals surface area contributed by atoms with Crippen molar-refractivity contribution < 1.29 is 87.0 Å². The van der Waals surface area contributed by atoms with E-state index in [1.54, 1.807) is 0 Å². The summed E-state index contributed by atoms with van der Waals surface area (Å²) in [6.45, 7) is 0. The van der Waals surface area contributed by atoms with Crippen LogP contribution in [0.1, 0.15) is 0 Å². The van der Waals surface area contributed by atoms with Crippen molar-refractivity contribution in [3.05, 3.63) is 18.2 Å². The van der Waals surface area contributed by atoms with Crippen molar-refractivity contribution in [1.29, 1.82) is 0 Å². The van der Waals surface area contributed by atoms with Gasteiger partial charge in [-0.3, -0.25) is 0 Å². The van der Waals surface area contributed by atoms with Gasteiger partial charge in [0.15, 0.2) is 5.75 Å². The SMILES string of the molecule is COc1ccc(S(=O)(=O)[O-])c(OC(F)(F)F)c1.[K+]. The van der Waals surface area contributed by atoms with Crippen molar-refractivity contribution >= 4 is 10.1 Å². The van der Waals surface area contributed by atoms with Gasteiger partial charge in [-0.05, 0) is 12.1 Å². The molecular formula is C8H6F3KO5S. The fourth-order valence-electron chi connectivity index (χ4n) is 1.03. The van der Waals surface area contributed by atoms with Gasteiger partial charge < -0.3 is 14.0 Å². The average molecular weight is 310 g/mol. The normalized spacial score (nSPS) is 11.6. The topological polar surface area (TPSA) is 75.7 Å². The van der Waals surface area contributed by atoms with E-state index in [2.05, 4.69) is 9.47 Å². The smallest absolute Gasteiger partial charge is 0.744 e. The van der Waals surface area contributed by atoms with Crippen LogP contribution >= 0.6 is 0 Å². The molecule has 1 aromatic rings. The molecule has 1 rings (SSSR count). The number of methoxy groups -OCH3 is 1. The van der Waals surface area contributed by atoms with E-state index >= 15 is 0 Å². The first-order valence-corrected chi connectivity index (χ1v) is 5.44. The molecule has 5 nitrogen and oxygen atoms in total. The van der Waals surface area contributed by atoms with E-state index < -0.39 is 27.1 Å². The van der Waals surface area contributed by atoms with Gasteiger partial charge in [0, 0.05) is 6.07 Å². The third-order valence-corrected chi connectivity index (χ3v) is 2.52. The van der Waals surface area contributed by atoms with Crippen molar-refractivity contribution in [3.8, 4) is 11.5 Å². The van der Waals surface area contributed by atoms with Gasteiger partial charge in [-0.1, -0.05) is 0 Å². The van der Waals surface area contributed by atoms with E-state index in [0.717, 1.165) is 13.2 Å². The van der Waals surface area contributed by atoms with Crippen LogP contribution < -0.4 is 60.9 Å². The zero-order valence-corrected chi connectivity index (χ0v) is 13.3. The second kappa shape index (κ2) is 6.55. The monoisotopic (exact) mass is 310 g/mol. The molecule has 0 aromatic heterocycles. The van der Waals surface area contributed by atoms with Crippen LogP contribution in [0.3, 0.4) is 0 Å². The number of benzene rings is 1. The molecule has 0 unspecified atom stereocenters. The Morgan fingerprint density at radius 1 is 1.28 bits per heavy atom. The van der Waals surface area contributed by atoms with Crippen molar-refractivity contribution in [3.63, 3.8) is 0 Å². The molecule has 18 heavy (non-hydrogen) atoms. The largest absolute Gasteiger partial charge is 1.00 e. The minimum absolute atomic E-state index is 0. The molecule has 0 amide bonds. The van der Waals surface area contributed by atoms with Crippen LogP contribution in [-0.2, 0) is 10.1 Å². The third kappa shape index (κ3) is 5.42. The summed E-state index contributed by atoms with van der Waals surface area (Å²) in [4.78, 5) is -1.10. The maximum Gasteiger partial charge on any atom is 1.00 e. The zero-order chi connectivity index (χ0) is 13.3. The first-order valence-electron chi connectivity index (χ1n) is 4.03. The number of hydrogen-bond donors (Lipinski definition) is 0. The van der Waals surface area contributed by atoms with Gasteiger partial charge in [0.25, 0.3) is 0 Å². The molecule has 0 saturated heterocycles. The van der Waals surface area contributed by atoms with Crippen LogP contribution in [0, 0.1) is 0 Å². The molecule has 1 aromatic carbocycles. The molecule has 0 aliphatic heterocycles. The fraction of sp³-hybridized carbons (Fsp3) is 0.250. The Balaban J connectivity index is 0.00000289. The maximum absolute atomic E-state index is 12.0. The standard InChI is InChI=1S/C8H7F3O5S.K/c1-15-5-2-3-7(17(12,13)14)6(4-5)16-8(9,10)11;/h2-4H,1H3,(H,12,13,14);/q;+1/p-1. The Labute approximate surface area is 143 Å². The van der Waals surface area contributed by atoms with Crippen molar-refractivity contribution in [2.24, 2.45) is 0 Å². The Morgan fingerprint density at radius 2 is 1.83 bits per heavy atom. The maximum atomic E-state index is 12.0. The second-order valence-electron chi connectivity index (χ2n) is 2.81. The molecule has 0 radical (unpaired) electrons. The van der Waals surface area contributed by atoms with Gasteiger partial charge in [-0.25, -0.2) is 8.42 Å². The van der Waals surface area contributed by atoms with Gasteiger partial charge in [0.2, 0.25) is 0 Å². The third-order valence-electron chi connectivity index (χ3n) is 1.65. The number of rotatable bonds is 3. The van der Waals surface area contributed by atoms with Gasteiger partial charge in [0.1, 0.15) is 15.9 Å². The van der Waals surface area contributed by atoms with E-state index in [9.17, 15) is 26.1 Å². The zero-order valence-electron chi connectivity index (χ0n) is 9.32. The van der Waals surface area contributed by atoms with Crippen molar-refractivity contribution in [2.45, 2.75) is 11.3 Å². The van der Waals surface area contributed by atoms with Crippen LogP contribution in [0.25, 0.3) is 0 Å². The minimum Gasteiger partial charge on any atom is -0.744 e. The average Bonchev–Trinajstić information content (AvgIpc) is 2.13. The summed E-state index contributed by atoms with van der Waals surface area (Å²) in [6, 6.07) is 2.38. The summed E-state index contributed by atoms with van der Waals surface area (Å²) in [6.07, 6.45) is -5.11. The molecule has 0 saturated carbocycles. The molecule has 10 heteroatoms. The predicted octanol–water partition coefficient (Wildman–Crippen LogP) is -1.50. The van der Waals surface area contributed by atoms with Crippen LogP contribution in [0.5, 0.6) is 11.5 Å². The molecule has 0 aliphatic carbocycles. The summed E-state index contributed by atoms with van der Waals surface area (Å²) in [5, 5.41) is 0. The predicted molar refractivity (Wildman–Crippen MR) is 47.6 cm³/mol. The van der Waals surface area contributed by atoms with Crippen molar-refractivity contribution in [1.82, 2.24) is 0 Å². The Hall–Kier alpha value is 0.156. The van der Waals surface area contributed by atoms with Gasteiger partial charge in [0.05, 0.1) is 12.0 Å². The molecule has 0 N–H and O–H groups in total. The number of halogens is 3. The molecule has 0 spiro atoms. The van der Waals surface area contributed by atoms with E-state index in [-0.39, 0.29) is 57.1 Å². The summed E-state index contributed by atoms with van der Waals surface area (Å²) < 4.78 is 76.1. The van der Waals surface area contributed by atoms with E-state index in [1.807, 2.05) is 0 Å². The van der Waals surface area contributed by atoms with Crippen LogP contribution in [-0.4, -0.2) is 26.4 Å².